The first kappa shape index (κ1) is 14.2. The standard InChI is InChI=1S/C15H20N2O4/c1-9(11-3-4-12-13(7-11)21-8-20-12)17-15(18)14-10(2)19-6-5-16-14/h3-4,7,9-10,14,16H,5-6,8H2,1-2H3,(H,17,18)/t9?,10-,14+/m1/s1. The van der Waals surface area contributed by atoms with Crippen LogP contribution >= 0.6 is 0 Å². The van der Waals surface area contributed by atoms with E-state index in [1.165, 1.54) is 0 Å². The first-order valence-corrected chi connectivity index (χ1v) is 7.20. The molecule has 2 heterocycles. The van der Waals surface area contributed by atoms with Crippen LogP contribution in [0.5, 0.6) is 11.5 Å². The molecular weight excluding hydrogens is 272 g/mol. The molecule has 1 fully saturated rings. The van der Waals surface area contributed by atoms with Gasteiger partial charge < -0.3 is 24.8 Å². The lowest BCUT2D eigenvalue weighted by atomic mass is 10.1. The summed E-state index contributed by atoms with van der Waals surface area (Å²) in [5.74, 6) is 1.42. The van der Waals surface area contributed by atoms with Crippen molar-refractivity contribution in [2.24, 2.45) is 0 Å². The number of rotatable bonds is 3. The monoisotopic (exact) mass is 292 g/mol. The third-order valence-corrected chi connectivity index (χ3v) is 3.85. The molecule has 1 saturated heterocycles. The van der Waals surface area contributed by atoms with Crippen LogP contribution in [0.1, 0.15) is 25.5 Å². The maximum atomic E-state index is 12.3. The Balaban J connectivity index is 1.65. The molecule has 0 aromatic heterocycles. The molecule has 1 amide bonds. The zero-order chi connectivity index (χ0) is 14.8. The van der Waals surface area contributed by atoms with Crippen LogP contribution in [0.4, 0.5) is 0 Å². The van der Waals surface area contributed by atoms with E-state index >= 15 is 0 Å². The Labute approximate surface area is 123 Å². The van der Waals surface area contributed by atoms with Crippen molar-refractivity contribution in [3.05, 3.63) is 23.8 Å². The third kappa shape index (κ3) is 2.96. The molecule has 3 rings (SSSR count). The number of hydrogen-bond acceptors (Lipinski definition) is 5. The molecule has 2 N–H and O–H groups in total. The van der Waals surface area contributed by atoms with Gasteiger partial charge in [-0.1, -0.05) is 6.07 Å². The number of nitrogens with one attached hydrogen (secondary N) is 2. The lowest BCUT2D eigenvalue weighted by Crippen LogP contribution is -2.55. The summed E-state index contributed by atoms with van der Waals surface area (Å²) in [4.78, 5) is 12.3. The summed E-state index contributed by atoms with van der Waals surface area (Å²) in [6.45, 7) is 5.44. The van der Waals surface area contributed by atoms with Crippen LogP contribution in [0.15, 0.2) is 18.2 Å². The van der Waals surface area contributed by atoms with Gasteiger partial charge in [0.25, 0.3) is 0 Å². The first-order valence-electron chi connectivity index (χ1n) is 7.20. The molecule has 0 radical (unpaired) electrons. The number of ether oxygens (including phenoxy) is 3. The van der Waals surface area contributed by atoms with Crippen molar-refractivity contribution in [1.82, 2.24) is 10.6 Å². The van der Waals surface area contributed by atoms with Crippen molar-refractivity contribution in [3.63, 3.8) is 0 Å². The van der Waals surface area contributed by atoms with E-state index in [0.717, 1.165) is 17.1 Å². The van der Waals surface area contributed by atoms with E-state index < -0.39 is 0 Å². The summed E-state index contributed by atoms with van der Waals surface area (Å²) < 4.78 is 16.1. The van der Waals surface area contributed by atoms with Crippen LogP contribution in [0.2, 0.25) is 0 Å². The van der Waals surface area contributed by atoms with Gasteiger partial charge in [-0.05, 0) is 31.5 Å². The Morgan fingerprint density at radius 3 is 3.00 bits per heavy atom. The second kappa shape index (κ2) is 5.91. The number of carbonyl (C=O) groups is 1. The topological polar surface area (TPSA) is 68.8 Å². The van der Waals surface area contributed by atoms with Gasteiger partial charge >= 0.3 is 0 Å². The van der Waals surface area contributed by atoms with E-state index in [-0.39, 0.29) is 30.9 Å². The van der Waals surface area contributed by atoms with E-state index in [0.29, 0.717) is 13.2 Å². The SMILES string of the molecule is CC(NC(=O)[C@H]1NCCO[C@@H]1C)c1ccc2c(c1)OCO2. The minimum absolute atomic E-state index is 0.0487. The zero-order valence-corrected chi connectivity index (χ0v) is 12.2. The van der Waals surface area contributed by atoms with E-state index in [4.69, 9.17) is 14.2 Å². The quantitative estimate of drug-likeness (QED) is 0.869. The molecule has 114 valence electrons. The summed E-state index contributed by atoms with van der Waals surface area (Å²) in [5, 5.41) is 6.20. The van der Waals surface area contributed by atoms with Crippen molar-refractivity contribution in [3.8, 4) is 11.5 Å². The first-order chi connectivity index (χ1) is 10.1. The number of hydrogen-bond donors (Lipinski definition) is 2. The lowest BCUT2D eigenvalue weighted by molar-refractivity contribution is -0.129. The molecule has 2 aliphatic heterocycles. The maximum Gasteiger partial charge on any atom is 0.240 e. The predicted molar refractivity (Wildman–Crippen MR) is 76.3 cm³/mol. The van der Waals surface area contributed by atoms with E-state index in [1.807, 2.05) is 32.0 Å². The molecule has 2 aliphatic rings. The van der Waals surface area contributed by atoms with Crippen LogP contribution in [-0.2, 0) is 9.53 Å². The average molecular weight is 292 g/mol. The van der Waals surface area contributed by atoms with Crippen molar-refractivity contribution in [1.29, 1.82) is 0 Å². The molecule has 1 unspecified atom stereocenters. The Morgan fingerprint density at radius 1 is 1.38 bits per heavy atom. The second-order valence-corrected chi connectivity index (χ2v) is 5.35. The van der Waals surface area contributed by atoms with Crippen molar-refractivity contribution >= 4 is 5.91 Å². The highest BCUT2D eigenvalue weighted by Gasteiger charge is 2.29. The normalized spacial score (nSPS) is 25.4. The van der Waals surface area contributed by atoms with Gasteiger partial charge in [0.1, 0.15) is 6.04 Å². The Hall–Kier alpha value is -1.79. The van der Waals surface area contributed by atoms with E-state index in [1.54, 1.807) is 0 Å². The molecule has 0 spiro atoms. The highest BCUT2D eigenvalue weighted by atomic mass is 16.7. The van der Waals surface area contributed by atoms with Gasteiger partial charge in [0, 0.05) is 6.54 Å². The smallest absolute Gasteiger partial charge is 0.240 e. The number of benzene rings is 1. The molecule has 6 nitrogen and oxygen atoms in total. The van der Waals surface area contributed by atoms with Crippen LogP contribution in [-0.4, -0.2) is 38.0 Å². The lowest BCUT2D eigenvalue weighted by Gasteiger charge is -2.30. The highest BCUT2D eigenvalue weighted by molar-refractivity contribution is 5.83. The van der Waals surface area contributed by atoms with Crippen molar-refractivity contribution < 1.29 is 19.0 Å². The van der Waals surface area contributed by atoms with Gasteiger partial charge in [-0.2, -0.15) is 0 Å². The fourth-order valence-electron chi connectivity index (χ4n) is 2.60. The zero-order valence-electron chi connectivity index (χ0n) is 12.2. The van der Waals surface area contributed by atoms with Crippen LogP contribution in [0, 0.1) is 0 Å². The number of morpholine rings is 1. The molecule has 1 aromatic rings. The van der Waals surface area contributed by atoms with Gasteiger partial charge in [-0.3, -0.25) is 4.79 Å². The van der Waals surface area contributed by atoms with E-state index in [2.05, 4.69) is 10.6 Å². The van der Waals surface area contributed by atoms with Crippen LogP contribution in [0.25, 0.3) is 0 Å². The molecule has 21 heavy (non-hydrogen) atoms. The molecular formula is C15H20N2O4. The fraction of sp³-hybridized carbons (Fsp3) is 0.533. The molecule has 0 bridgehead atoms. The average Bonchev–Trinajstić information content (AvgIpc) is 2.94. The van der Waals surface area contributed by atoms with Gasteiger partial charge in [0.05, 0.1) is 18.8 Å². The summed E-state index contributed by atoms with van der Waals surface area (Å²) in [7, 11) is 0. The number of fused-ring (bicyclic) bond motifs is 1. The van der Waals surface area contributed by atoms with Gasteiger partial charge in [0.15, 0.2) is 11.5 Å². The van der Waals surface area contributed by atoms with Crippen molar-refractivity contribution in [2.75, 3.05) is 19.9 Å². The molecule has 1 aromatic carbocycles. The third-order valence-electron chi connectivity index (χ3n) is 3.85. The largest absolute Gasteiger partial charge is 0.454 e. The van der Waals surface area contributed by atoms with Gasteiger partial charge in [-0.25, -0.2) is 0 Å². The van der Waals surface area contributed by atoms with Crippen molar-refractivity contribution in [2.45, 2.75) is 32.0 Å². The fourth-order valence-corrected chi connectivity index (χ4v) is 2.60. The molecule has 6 heteroatoms. The Bertz CT molecular complexity index is 534. The number of amides is 1. The molecule has 0 saturated carbocycles. The Kier molecular flexibility index (Phi) is 3.98. The highest BCUT2D eigenvalue weighted by Crippen LogP contribution is 2.34. The molecule has 0 aliphatic carbocycles. The van der Waals surface area contributed by atoms with Gasteiger partial charge in [-0.15, -0.1) is 0 Å². The minimum Gasteiger partial charge on any atom is -0.454 e. The summed E-state index contributed by atoms with van der Waals surface area (Å²) in [5.41, 5.74) is 0.983. The van der Waals surface area contributed by atoms with Crippen LogP contribution in [0.3, 0.4) is 0 Å². The second-order valence-electron chi connectivity index (χ2n) is 5.35. The predicted octanol–water partition coefficient (Wildman–Crippen LogP) is 0.969. The van der Waals surface area contributed by atoms with E-state index in [9.17, 15) is 4.79 Å². The summed E-state index contributed by atoms with van der Waals surface area (Å²) in [6.07, 6.45) is -0.122. The number of carbonyl (C=O) groups excluding carboxylic acids is 1. The Morgan fingerprint density at radius 2 is 2.19 bits per heavy atom. The van der Waals surface area contributed by atoms with Crippen LogP contribution < -0.4 is 20.1 Å². The maximum absolute atomic E-state index is 12.3. The van der Waals surface area contributed by atoms with Gasteiger partial charge in [0.2, 0.25) is 12.7 Å². The summed E-state index contributed by atoms with van der Waals surface area (Å²) >= 11 is 0. The minimum atomic E-state index is -0.310. The summed E-state index contributed by atoms with van der Waals surface area (Å²) in [6, 6.07) is 5.29. The molecule has 3 atom stereocenters.